The molecule has 0 atom stereocenters. The summed E-state index contributed by atoms with van der Waals surface area (Å²) in [6.45, 7) is 3.35. The van der Waals surface area contributed by atoms with Crippen molar-refractivity contribution in [1.29, 1.82) is 0 Å². The van der Waals surface area contributed by atoms with Crippen molar-refractivity contribution in [3.8, 4) is 0 Å². The highest BCUT2D eigenvalue weighted by atomic mass is 15.1. The highest BCUT2D eigenvalue weighted by Gasteiger charge is 2.12. The summed E-state index contributed by atoms with van der Waals surface area (Å²) >= 11 is 0. The summed E-state index contributed by atoms with van der Waals surface area (Å²) in [6.07, 6.45) is 7.95. The zero-order chi connectivity index (χ0) is 28.8. The Kier molecular flexibility index (Phi) is 10.6. The second-order valence-corrected chi connectivity index (χ2v) is 10.8. The number of nitrogens with one attached hydrogen (secondary N) is 1. The van der Waals surface area contributed by atoms with Crippen LogP contribution in [0.3, 0.4) is 0 Å². The number of rotatable bonds is 11. The Balaban J connectivity index is 0.000000180. The first-order valence-electron chi connectivity index (χ1n) is 15.4. The van der Waals surface area contributed by atoms with Gasteiger partial charge in [0, 0.05) is 34.7 Å². The maximum atomic E-state index is 3.40. The second-order valence-electron chi connectivity index (χ2n) is 10.8. The Morgan fingerprint density at radius 2 is 1.10 bits per heavy atom. The standard InChI is InChI=1S/C24H29N.C16H13N/c1-2-3-4-5-6-12-20-25(22-16-8-7-9-17-22)24-19-13-15-21-14-10-11-18-23(21)24;1-2-8-15(9-3-1)17-16-11-10-13-6-4-5-7-14(13)12-16/h7-11,13-19H,2-6,12,20H2,1H3;1-12,17H. The van der Waals surface area contributed by atoms with E-state index < -0.39 is 0 Å². The first kappa shape index (κ1) is 29.0. The third-order valence-corrected chi connectivity index (χ3v) is 7.67. The van der Waals surface area contributed by atoms with Crippen LogP contribution in [0, 0.1) is 0 Å². The normalized spacial score (nSPS) is 10.7. The summed E-state index contributed by atoms with van der Waals surface area (Å²) < 4.78 is 0. The van der Waals surface area contributed by atoms with Crippen molar-refractivity contribution in [2.75, 3.05) is 16.8 Å². The topological polar surface area (TPSA) is 15.3 Å². The van der Waals surface area contributed by atoms with Crippen LogP contribution in [-0.2, 0) is 0 Å². The van der Waals surface area contributed by atoms with Gasteiger partial charge in [-0.25, -0.2) is 0 Å². The lowest BCUT2D eigenvalue weighted by molar-refractivity contribution is 0.609. The molecule has 0 fully saturated rings. The van der Waals surface area contributed by atoms with Crippen LogP contribution in [0.2, 0.25) is 0 Å². The predicted octanol–water partition coefficient (Wildman–Crippen LogP) is 11.9. The van der Waals surface area contributed by atoms with Crippen LogP contribution in [-0.4, -0.2) is 6.54 Å². The molecule has 0 saturated carbocycles. The van der Waals surface area contributed by atoms with Gasteiger partial charge >= 0.3 is 0 Å². The smallest absolute Gasteiger partial charge is 0.0490 e. The minimum Gasteiger partial charge on any atom is -0.356 e. The van der Waals surface area contributed by atoms with E-state index in [1.54, 1.807) is 0 Å². The van der Waals surface area contributed by atoms with Crippen LogP contribution in [0.1, 0.15) is 45.4 Å². The number of hydrogen-bond acceptors (Lipinski definition) is 2. The molecule has 0 heterocycles. The van der Waals surface area contributed by atoms with Crippen LogP contribution < -0.4 is 10.2 Å². The summed E-state index contributed by atoms with van der Waals surface area (Å²) in [4.78, 5) is 2.49. The second kappa shape index (κ2) is 15.4. The van der Waals surface area contributed by atoms with Gasteiger partial charge in [0.25, 0.3) is 0 Å². The maximum absolute atomic E-state index is 3.40. The molecule has 0 aromatic heterocycles. The van der Waals surface area contributed by atoms with Crippen LogP contribution in [0.25, 0.3) is 21.5 Å². The highest BCUT2D eigenvalue weighted by Crippen LogP contribution is 2.32. The Morgan fingerprint density at radius 1 is 0.476 bits per heavy atom. The Morgan fingerprint density at radius 3 is 1.88 bits per heavy atom. The number of benzene rings is 6. The van der Waals surface area contributed by atoms with E-state index in [9.17, 15) is 0 Å². The van der Waals surface area contributed by atoms with Crippen molar-refractivity contribution in [3.63, 3.8) is 0 Å². The van der Waals surface area contributed by atoms with Gasteiger partial charge in [-0.1, -0.05) is 142 Å². The number of para-hydroxylation sites is 2. The van der Waals surface area contributed by atoms with Crippen LogP contribution in [0.4, 0.5) is 22.7 Å². The van der Waals surface area contributed by atoms with Gasteiger partial charge in [-0.2, -0.15) is 0 Å². The predicted molar refractivity (Wildman–Crippen MR) is 184 cm³/mol. The van der Waals surface area contributed by atoms with Crippen LogP contribution in [0.15, 0.2) is 146 Å². The average molecular weight is 551 g/mol. The van der Waals surface area contributed by atoms with Gasteiger partial charge in [-0.3, -0.25) is 0 Å². The van der Waals surface area contributed by atoms with Gasteiger partial charge in [0.2, 0.25) is 0 Å². The molecule has 6 aromatic carbocycles. The fourth-order valence-corrected chi connectivity index (χ4v) is 5.45. The minimum absolute atomic E-state index is 1.07. The Labute approximate surface area is 251 Å². The van der Waals surface area contributed by atoms with E-state index in [-0.39, 0.29) is 0 Å². The summed E-state index contributed by atoms with van der Waals surface area (Å²) in [5.41, 5.74) is 4.84. The summed E-state index contributed by atoms with van der Waals surface area (Å²) in [7, 11) is 0. The zero-order valence-electron chi connectivity index (χ0n) is 24.8. The van der Waals surface area contributed by atoms with Gasteiger partial charge in [0.1, 0.15) is 0 Å². The fraction of sp³-hybridized carbons (Fsp3) is 0.200. The molecule has 0 amide bonds. The molecular formula is C40H42N2. The van der Waals surface area contributed by atoms with Gasteiger partial charge in [0.05, 0.1) is 0 Å². The molecule has 212 valence electrons. The summed E-state index contributed by atoms with van der Waals surface area (Å²) in [6, 6.07) is 51.1. The van der Waals surface area contributed by atoms with Gasteiger partial charge in [-0.05, 0) is 65.0 Å². The van der Waals surface area contributed by atoms with Gasteiger partial charge < -0.3 is 10.2 Å². The molecule has 0 aliphatic rings. The Hall–Kier alpha value is -4.56. The molecule has 6 rings (SSSR count). The van der Waals surface area contributed by atoms with Crippen LogP contribution >= 0.6 is 0 Å². The largest absolute Gasteiger partial charge is 0.356 e. The SMILES string of the molecule is CCCCCCCCN(c1ccccc1)c1cccc2ccccc12.c1ccc(Nc2ccc3ccccc3c2)cc1. The Bertz CT molecular complexity index is 1640. The quantitative estimate of drug-likeness (QED) is 0.161. The lowest BCUT2D eigenvalue weighted by Gasteiger charge is -2.26. The number of fused-ring (bicyclic) bond motifs is 2. The third kappa shape index (κ3) is 8.01. The molecular weight excluding hydrogens is 508 g/mol. The molecule has 2 heteroatoms. The molecule has 6 aromatic rings. The van der Waals surface area contributed by atoms with E-state index in [0.717, 1.165) is 17.9 Å². The molecule has 0 saturated heterocycles. The molecule has 2 nitrogen and oxygen atoms in total. The molecule has 1 N–H and O–H groups in total. The van der Waals surface area contributed by atoms with Crippen molar-refractivity contribution in [3.05, 3.63) is 146 Å². The van der Waals surface area contributed by atoms with Crippen molar-refractivity contribution in [2.45, 2.75) is 45.4 Å². The first-order chi connectivity index (χ1) is 20.8. The number of unbranched alkanes of at least 4 members (excludes halogenated alkanes) is 5. The van der Waals surface area contributed by atoms with Crippen molar-refractivity contribution < 1.29 is 0 Å². The molecule has 0 bridgehead atoms. The number of hydrogen-bond donors (Lipinski definition) is 1. The van der Waals surface area contributed by atoms with Gasteiger partial charge in [-0.15, -0.1) is 0 Å². The van der Waals surface area contributed by atoms with E-state index in [2.05, 4.69) is 145 Å². The molecule has 0 aliphatic heterocycles. The fourth-order valence-electron chi connectivity index (χ4n) is 5.45. The summed E-state index contributed by atoms with van der Waals surface area (Å²) in [5.74, 6) is 0. The molecule has 0 aliphatic carbocycles. The molecule has 0 spiro atoms. The first-order valence-corrected chi connectivity index (χ1v) is 15.4. The van der Waals surface area contributed by atoms with E-state index in [1.165, 1.54) is 71.4 Å². The van der Waals surface area contributed by atoms with Crippen LogP contribution in [0.5, 0.6) is 0 Å². The van der Waals surface area contributed by atoms with Crippen molar-refractivity contribution >= 4 is 44.3 Å². The van der Waals surface area contributed by atoms with E-state index in [0.29, 0.717) is 0 Å². The monoisotopic (exact) mass is 550 g/mol. The third-order valence-electron chi connectivity index (χ3n) is 7.67. The average Bonchev–Trinajstić information content (AvgIpc) is 3.05. The number of anilines is 4. The van der Waals surface area contributed by atoms with E-state index in [1.807, 2.05) is 18.2 Å². The van der Waals surface area contributed by atoms with E-state index in [4.69, 9.17) is 0 Å². The van der Waals surface area contributed by atoms with Crippen molar-refractivity contribution in [1.82, 2.24) is 0 Å². The van der Waals surface area contributed by atoms with Gasteiger partial charge in [0.15, 0.2) is 0 Å². The number of nitrogens with zero attached hydrogens (tertiary/aromatic N) is 1. The zero-order valence-corrected chi connectivity index (χ0v) is 24.8. The highest BCUT2D eigenvalue weighted by molar-refractivity contribution is 5.96. The van der Waals surface area contributed by atoms with Crippen molar-refractivity contribution in [2.24, 2.45) is 0 Å². The summed E-state index contributed by atoms with van der Waals surface area (Å²) in [5, 5.41) is 8.57. The minimum atomic E-state index is 1.07. The molecule has 0 radical (unpaired) electrons. The lowest BCUT2D eigenvalue weighted by atomic mass is 10.1. The molecule has 42 heavy (non-hydrogen) atoms. The van der Waals surface area contributed by atoms with E-state index >= 15 is 0 Å². The maximum Gasteiger partial charge on any atom is 0.0490 e. The molecule has 0 unspecified atom stereocenters. The lowest BCUT2D eigenvalue weighted by Crippen LogP contribution is -2.18.